The number of benzene rings is 3. The molecule has 3 atom stereocenters. The fourth-order valence-corrected chi connectivity index (χ4v) is 6.23. The molecule has 0 N–H and O–H groups in total. The average molecular weight is 418 g/mol. The van der Waals surface area contributed by atoms with Gasteiger partial charge < -0.3 is 4.74 Å². The largest absolute Gasteiger partial charge is 0.462 e. The molecule has 5 heteroatoms. The van der Waals surface area contributed by atoms with E-state index in [1.54, 1.807) is 18.3 Å². The molecule has 3 aromatic carbocycles. The van der Waals surface area contributed by atoms with Crippen LogP contribution < -0.4 is 4.74 Å². The van der Waals surface area contributed by atoms with Crippen molar-refractivity contribution in [3.05, 3.63) is 108 Å². The lowest BCUT2D eigenvalue weighted by molar-refractivity contribution is -0.0925. The summed E-state index contributed by atoms with van der Waals surface area (Å²) in [6.07, 6.45) is 3.67. The van der Waals surface area contributed by atoms with E-state index in [0.717, 1.165) is 22.4 Å². The van der Waals surface area contributed by atoms with Crippen LogP contribution >= 0.6 is 0 Å². The van der Waals surface area contributed by atoms with Crippen molar-refractivity contribution in [2.45, 2.75) is 30.4 Å². The summed E-state index contributed by atoms with van der Waals surface area (Å²) < 4.78 is 35.7. The minimum Gasteiger partial charge on any atom is -0.462 e. The van der Waals surface area contributed by atoms with E-state index >= 15 is 0 Å². The van der Waals surface area contributed by atoms with Gasteiger partial charge in [-0.1, -0.05) is 79.2 Å². The summed E-state index contributed by atoms with van der Waals surface area (Å²) in [4.78, 5) is 0.251. The molecule has 0 fully saturated rings. The number of rotatable bonds is 3. The molecule has 0 aliphatic carbocycles. The number of fused-ring (bicyclic) bond motifs is 4. The molecule has 0 saturated heterocycles. The first-order valence-corrected chi connectivity index (χ1v) is 11.5. The molecule has 0 saturated carbocycles. The second-order valence-corrected chi connectivity index (χ2v) is 9.79. The molecule has 2 aliphatic rings. The lowest BCUT2D eigenvalue weighted by Crippen LogP contribution is -2.59. The van der Waals surface area contributed by atoms with Crippen molar-refractivity contribution >= 4 is 10.0 Å². The molecule has 2 bridgehead atoms. The first kappa shape index (κ1) is 18.9. The van der Waals surface area contributed by atoms with E-state index in [1.807, 2.05) is 73.7 Å². The Hall–Kier alpha value is -3.05. The highest BCUT2D eigenvalue weighted by Crippen LogP contribution is 2.55. The highest BCUT2D eigenvalue weighted by Gasteiger charge is 2.57. The van der Waals surface area contributed by atoms with E-state index in [9.17, 15) is 8.42 Å². The summed E-state index contributed by atoms with van der Waals surface area (Å²) in [5.74, 6) is 0.651. The van der Waals surface area contributed by atoms with Crippen LogP contribution in [0.2, 0.25) is 0 Å². The van der Waals surface area contributed by atoms with Gasteiger partial charge in [-0.2, -0.15) is 0 Å². The van der Waals surface area contributed by atoms with Crippen LogP contribution in [-0.2, 0) is 15.7 Å². The maximum absolute atomic E-state index is 13.8. The standard InChI is InChI=1S/C25H23NO3S/c1-18-12-14-21(15-13-18)30(27,28)26-17-16-22-19(2)25(26,20-8-4-3-5-9-20)29-24-11-7-6-10-23(22)24/h3-17,19,22H,1-2H3/t19-,22-,25+/m1/s1. The summed E-state index contributed by atoms with van der Waals surface area (Å²) in [7, 11) is -3.85. The number of sulfonamides is 1. The zero-order valence-electron chi connectivity index (χ0n) is 16.9. The fraction of sp³-hybridized carbons (Fsp3) is 0.200. The number of aryl methyl sites for hydroxylation is 1. The monoisotopic (exact) mass is 417 g/mol. The second kappa shape index (κ2) is 6.74. The van der Waals surface area contributed by atoms with Gasteiger partial charge in [0.05, 0.1) is 4.90 Å². The van der Waals surface area contributed by atoms with Crippen molar-refractivity contribution < 1.29 is 13.2 Å². The molecule has 0 spiro atoms. The van der Waals surface area contributed by atoms with Gasteiger partial charge in [-0.25, -0.2) is 12.7 Å². The van der Waals surface area contributed by atoms with Crippen LogP contribution in [0.25, 0.3) is 0 Å². The average Bonchev–Trinajstić information content (AvgIpc) is 2.75. The maximum Gasteiger partial charge on any atom is 0.267 e. The normalized spacial score (nSPS) is 24.8. The number of para-hydroxylation sites is 1. The molecule has 2 heterocycles. The smallest absolute Gasteiger partial charge is 0.267 e. The van der Waals surface area contributed by atoms with Gasteiger partial charge in [-0.05, 0) is 25.1 Å². The molecule has 2 aliphatic heterocycles. The topological polar surface area (TPSA) is 46.6 Å². The van der Waals surface area contributed by atoms with Crippen LogP contribution in [0.5, 0.6) is 5.75 Å². The highest BCUT2D eigenvalue weighted by atomic mass is 32.2. The van der Waals surface area contributed by atoms with Gasteiger partial charge in [-0.15, -0.1) is 0 Å². The minimum atomic E-state index is -3.85. The molecule has 4 nitrogen and oxygen atoms in total. The van der Waals surface area contributed by atoms with Crippen LogP contribution in [0, 0.1) is 12.8 Å². The fourth-order valence-electron chi connectivity index (χ4n) is 4.63. The lowest BCUT2D eigenvalue weighted by atomic mass is 9.73. The second-order valence-electron chi connectivity index (χ2n) is 7.97. The molecule has 0 aromatic heterocycles. The third-order valence-electron chi connectivity index (χ3n) is 6.22. The van der Waals surface area contributed by atoms with Gasteiger partial charge in [0.1, 0.15) is 5.75 Å². The Morgan fingerprint density at radius 1 is 0.900 bits per heavy atom. The summed E-state index contributed by atoms with van der Waals surface area (Å²) in [5, 5.41) is 0. The van der Waals surface area contributed by atoms with Crippen molar-refractivity contribution in [2.75, 3.05) is 0 Å². The number of hydrogen-bond donors (Lipinski definition) is 0. The SMILES string of the molecule is Cc1ccc(S(=O)(=O)N2C=C[C@H]3c4ccccc4O[C@]2(c2ccccc2)[C@@H]3C)cc1. The van der Waals surface area contributed by atoms with E-state index in [1.165, 1.54) is 4.31 Å². The predicted molar refractivity (Wildman–Crippen MR) is 116 cm³/mol. The lowest BCUT2D eigenvalue weighted by Gasteiger charge is -2.53. The van der Waals surface area contributed by atoms with Crippen LogP contribution in [0.3, 0.4) is 0 Å². The number of allylic oxidation sites excluding steroid dienone is 1. The van der Waals surface area contributed by atoms with E-state index in [4.69, 9.17) is 4.74 Å². The number of hydrogen-bond acceptors (Lipinski definition) is 3. The van der Waals surface area contributed by atoms with Crippen molar-refractivity contribution in [1.29, 1.82) is 0 Å². The molecular weight excluding hydrogens is 394 g/mol. The van der Waals surface area contributed by atoms with E-state index in [2.05, 4.69) is 13.0 Å². The molecule has 0 amide bonds. The highest BCUT2D eigenvalue weighted by molar-refractivity contribution is 7.89. The molecule has 30 heavy (non-hydrogen) atoms. The Bertz CT molecular complexity index is 1220. The Morgan fingerprint density at radius 2 is 1.57 bits per heavy atom. The summed E-state index contributed by atoms with van der Waals surface area (Å²) >= 11 is 0. The van der Waals surface area contributed by atoms with Crippen LogP contribution in [-0.4, -0.2) is 12.7 Å². The first-order chi connectivity index (χ1) is 14.4. The van der Waals surface area contributed by atoms with Gasteiger partial charge in [0.25, 0.3) is 10.0 Å². The quantitative estimate of drug-likeness (QED) is 0.590. The summed E-state index contributed by atoms with van der Waals surface area (Å²) in [6.45, 7) is 4.01. The maximum atomic E-state index is 13.8. The van der Waals surface area contributed by atoms with Gasteiger partial charge in [0.2, 0.25) is 5.72 Å². The predicted octanol–water partition coefficient (Wildman–Crippen LogP) is 5.18. The van der Waals surface area contributed by atoms with Gasteiger partial charge in [0.15, 0.2) is 0 Å². The number of nitrogens with zero attached hydrogens (tertiary/aromatic N) is 1. The number of ether oxygens (including phenoxy) is 1. The molecule has 5 rings (SSSR count). The summed E-state index contributed by atoms with van der Waals surface area (Å²) in [5.41, 5.74) is 1.74. The zero-order valence-corrected chi connectivity index (χ0v) is 17.7. The first-order valence-electron chi connectivity index (χ1n) is 10.1. The van der Waals surface area contributed by atoms with Crippen molar-refractivity contribution in [3.8, 4) is 5.75 Å². The van der Waals surface area contributed by atoms with E-state index < -0.39 is 15.7 Å². The van der Waals surface area contributed by atoms with Crippen LogP contribution in [0.1, 0.15) is 29.5 Å². The molecular formula is C25H23NO3S. The van der Waals surface area contributed by atoms with Gasteiger partial charge in [0, 0.05) is 29.2 Å². The van der Waals surface area contributed by atoms with Crippen molar-refractivity contribution in [2.24, 2.45) is 5.92 Å². The Balaban J connectivity index is 1.76. The van der Waals surface area contributed by atoms with Crippen LogP contribution in [0.15, 0.2) is 96.0 Å². The Kier molecular flexibility index (Phi) is 4.26. The van der Waals surface area contributed by atoms with E-state index in [-0.39, 0.29) is 16.7 Å². The van der Waals surface area contributed by atoms with Gasteiger partial charge in [-0.3, -0.25) is 0 Å². The Labute approximate surface area is 177 Å². The van der Waals surface area contributed by atoms with Crippen LogP contribution in [0.4, 0.5) is 0 Å². The molecule has 3 aromatic rings. The third-order valence-corrected chi connectivity index (χ3v) is 8.00. The van der Waals surface area contributed by atoms with Crippen molar-refractivity contribution in [1.82, 2.24) is 4.31 Å². The van der Waals surface area contributed by atoms with Crippen molar-refractivity contribution in [3.63, 3.8) is 0 Å². The third kappa shape index (κ3) is 2.62. The van der Waals surface area contributed by atoms with E-state index in [0.29, 0.717) is 0 Å². The molecule has 0 radical (unpaired) electrons. The Morgan fingerprint density at radius 3 is 2.30 bits per heavy atom. The zero-order chi connectivity index (χ0) is 20.9. The van der Waals surface area contributed by atoms with Gasteiger partial charge >= 0.3 is 0 Å². The molecule has 0 unspecified atom stereocenters. The summed E-state index contributed by atoms with van der Waals surface area (Å²) in [6, 6.07) is 24.5. The minimum absolute atomic E-state index is 0.0552. The molecule has 152 valence electrons.